The highest BCUT2D eigenvalue weighted by Gasteiger charge is 2.27. The SMILES string of the molecule is CC(C)=CN1Cc2cccc3[nH]c(=S)n(c23)[C@@H](C)[C@H]1C. The summed E-state index contributed by atoms with van der Waals surface area (Å²) in [4.78, 5) is 5.76. The van der Waals surface area contributed by atoms with Gasteiger partial charge in [0, 0.05) is 12.6 Å². The molecular weight excluding hydrogens is 266 g/mol. The van der Waals surface area contributed by atoms with Gasteiger partial charge in [0.1, 0.15) is 0 Å². The lowest BCUT2D eigenvalue weighted by atomic mass is 10.1. The van der Waals surface area contributed by atoms with E-state index in [1.165, 1.54) is 16.7 Å². The quantitative estimate of drug-likeness (QED) is 0.787. The zero-order valence-electron chi connectivity index (χ0n) is 12.5. The summed E-state index contributed by atoms with van der Waals surface area (Å²) in [5.41, 5.74) is 5.07. The fraction of sp³-hybridized carbons (Fsp3) is 0.438. The number of nitrogens with zero attached hydrogens (tertiary/aromatic N) is 2. The number of aromatic amines is 1. The molecule has 20 heavy (non-hydrogen) atoms. The van der Waals surface area contributed by atoms with Crippen molar-refractivity contribution in [2.45, 2.75) is 46.3 Å². The van der Waals surface area contributed by atoms with E-state index in [1.807, 2.05) is 0 Å². The van der Waals surface area contributed by atoms with Crippen LogP contribution >= 0.6 is 12.2 Å². The Bertz CT molecular complexity index is 734. The van der Waals surface area contributed by atoms with Crippen molar-refractivity contribution < 1.29 is 0 Å². The van der Waals surface area contributed by atoms with Crippen LogP contribution in [-0.2, 0) is 6.54 Å². The Morgan fingerprint density at radius 1 is 1.30 bits per heavy atom. The molecule has 1 aromatic heterocycles. The normalized spacial score (nSPS) is 21.9. The van der Waals surface area contributed by atoms with Gasteiger partial charge in [-0.25, -0.2) is 0 Å². The van der Waals surface area contributed by atoms with Crippen molar-refractivity contribution in [3.05, 3.63) is 40.3 Å². The van der Waals surface area contributed by atoms with Crippen LogP contribution in [0.3, 0.4) is 0 Å². The zero-order valence-corrected chi connectivity index (χ0v) is 13.3. The van der Waals surface area contributed by atoms with Crippen LogP contribution in [-0.4, -0.2) is 20.5 Å². The van der Waals surface area contributed by atoms with E-state index in [4.69, 9.17) is 12.2 Å². The van der Waals surface area contributed by atoms with Gasteiger partial charge in [-0.15, -0.1) is 0 Å². The summed E-state index contributed by atoms with van der Waals surface area (Å²) < 4.78 is 3.11. The first-order valence-electron chi connectivity index (χ1n) is 7.12. The Kier molecular flexibility index (Phi) is 3.21. The van der Waals surface area contributed by atoms with Crippen molar-refractivity contribution in [1.82, 2.24) is 14.5 Å². The highest BCUT2D eigenvalue weighted by molar-refractivity contribution is 7.71. The van der Waals surface area contributed by atoms with Crippen LogP contribution < -0.4 is 0 Å². The Labute approximate surface area is 124 Å². The number of hydrogen-bond donors (Lipinski definition) is 1. The molecule has 3 nitrogen and oxygen atoms in total. The van der Waals surface area contributed by atoms with E-state index in [2.05, 4.69) is 66.5 Å². The van der Waals surface area contributed by atoms with Gasteiger partial charge in [-0.3, -0.25) is 0 Å². The number of imidazole rings is 1. The van der Waals surface area contributed by atoms with Gasteiger partial charge >= 0.3 is 0 Å². The molecule has 0 saturated heterocycles. The van der Waals surface area contributed by atoms with Gasteiger partial charge in [-0.2, -0.15) is 0 Å². The fourth-order valence-electron chi connectivity index (χ4n) is 3.10. The third-order valence-electron chi connectivity index (χ3n) is 4.23. The van der Waals surface area contributed by atoms with Gasteiger partial charge in [0.25, 0.3) is 0 Å². The lowest BCUT2D eigenvalue weighted by Gasteiger charge is -2.31. The second kappa shape index (κ2) is 4.77. The van der Waals surface area contributed by atoms with Crippen molar-refractivity contribution >= 4 is 23.3 Å². The number of allylic oxidation sites excluding steroid dienone is 1. The van der Waals surface area contributed by atoms with Crippen molar-refractivity contribution in [2.75, 3.05) is 0 Å². The smallest absolute Gasteiger partial charge is 0.178 e. The molecule has 0 fully saturated rings. The Balaban J connectivity index is 2.26. The number of benzene rings is 1. The van der Waals surface area contributed by atoms with Gasteiger partial charge in [0.15, 0.2) is 4.77 Å². The maximum Gasteiger partial charge on any atom is 0.178 e. The minimum atomic E-state index is 0.343. The minimum Gasteiger partial charge on any atom is -0.368 e. The predicted molar refractivity (Wildman–Crippen MR) is 86.3 cm³/mol. The summed E-state index contributed by atoms with van der Waals surface area (Å²) in [6.45, 7) is 9.75. The predicted octanol–water partition coefficient (Wildman–Crippen LogP) is 4.39. The summed E-state index contributed by atoms with van der Waals surface area (Å²) in [5.74, 6) is 0. The molecule has 0 saturated carbocycles. The van der Waals surface area contributed by atoms with Crippen LogP contribution in [0.15, 0.2) is 30.0 Å². The number of hydrogen-bond acceptors (Lipinski definition) is 2. The first-order chi connectivity index (χ1) is 9.49. The highest BCUT2D eigenvalue weighted by atomic mass is 32.1. The van der Waals surface area contributed by atoms with Gasteiger partial charge in [0.05, 0.1) is 17.1 Å². The minimum absolute atomic E-state index is 0.343. The van der Waals surface area contributed by atoms with Crippen LogP contribution in [0, 0.1) is 4.77 Å². The molecule has 106 valence electrons. The molecule has 1 aliphatic heterocycles. The van der Waals surface area contributed by atoms with E-state index in [0.29, 0.717) is 12.1 Å². The summed E-state index contributed by atoms with van der Waals surface area (Å²) in [6.07, 6.45) is 2.26. The Hall–Kier alpha value is -1.55. The third kappa shape index (κ3) is 1.99. The molecule has 0 amide bonds. The molecular formula is C16H21N3S. The van der Waals surface area contributed by atoms with Gasteiger partial charge < -0.3 is 14.5 Å². The van der Waals surface area contributed by atoms with E-state index < -0.39 is 0 Å². The van der Waals surface area contributed by atoms with Crippen molar-refractivity contribution in [2.24, 2.45) is 0 Å². The van der Waals surface area contributed by atoms with E-state index in [0.717, 1.165) is 16.8 Å². The monoisotopic (exact) mass is 287 g/mol. The van der Waals surface area contributed by atoms with Crippen LogP contribution in [0.2, 0.25) is 0 Å². The number of para-hydroxylation sites is 1. The van der Waals surface area contributed by atoms with Crippen LogP contribution in [0.25, 0.3) is 11.0 Å². The fourth-order valence-corrected chi connectivity index (χ4v) is 3.47. The molecule has 2 aromatic rings. The average molecular weight is 287 g/mol. The van der Waals surface area contributed by atoms with Crippen LogP contribution in [0.4, 0.5) is 0 Å². The van der Waals surface area contributed by atoms with E-state index in [-0.39, 0.29) is 0 Å². The molecule has 0 radical (unpaired) electrons. The molecule has 0 aliphatic carbocycles. The molecule has 0 spiro atoms. The van der Waals surface area contributed by atoms with Crippen LogP contribution in [0.5, 0.6) is 0 Å². The molecule has 2 heterocycles. The van der Waals surface area contributed by atoms with E-state index >= 15 is 0 Å². The second-order valence-electron chi connectivity index (χ2n) is 5.97. The first kappa shape index (κ1) is 13.4. The van der Waals surface area contributed by atoms with Crippen LogP contribution in [0.1, 0.15) is 39.3 Å². The van der Waals surface area contributed by atoms with Crippen molar-refractivity contribution in [1.29, 1.82) is 0 Å². The van der Waals surface area contributed by atoms with Gasteiger partial charge in [-0.1, -0.05) is 17.7 Å². The van der Waals surface area contributed by atoms with E-state index in [1.54, 1.807) is 0 Å². The van der Waals surface area contributed by atoms with Crippen molar-refractivity contribution in [3.63, 3.8) is 0 Å². The number of aromatic nitrogens is 2. The van der Waals surface area contributed by atoms with Gasteiger partial charge in [-0.05, 0) is 57.7 Å². The lowest BCUT2D eigenvalue weighted by Crippen LogP contribution is -2.32. The molecule has 3 rings (SSSR count). The van der Waals surface area contributed by atoms with Gasteiger partial charge in [0.2, 0.25) is 0 Å². The van der Waals surface area contributed by atoms with Crippen molar-refractivity contribution in [3.8, 4) is 0 Å². The average Bonchev–Trinajstić information content (AvgIpc) is 2.67. The molecule has 0 bridgehead atoms. The number of nitrogens with one attached hydrogen (secondary N) is 1. The Morgan fingerprint density at radius 3 is 2.75 bits per heavy atom. The second-order valence-corrected chi connectivity index (χ2v) is 6.36. The maximum absolute atomic E-state index is 5.54. The molecule has 2 atom stereocenters. The molecule has 1 aromatic carbocycles. The molecule has 1 N–H and O–H groups in total. The summed E-state index contributed by atoms with van der Waals surface area (Å²) in [6, 6.07) is 7.17. The lowest BCUT2D eigenvalue weighted by molar-refractivity contribution is 0.230. The summed E-state index contributed by atoms with van der Waals surface area (Å²) in [5, 5.41) is 0. The molecule has 0 unspecified atom stereocenters. The highest BCUT2D eigenvalue weighted by Crippen LogP contribution is 2.31. The molecule has 4 heteroatoms. The first-order valence-corrected chi connectivity index (χ1v) is 7.52. The van der Waals surface area contributed by atoms with E-state index in [9.17, 15) is 0 Å². The Morgan fingerprint density at radius 2 is 2.05 bits per heavy atom. The third-order valence-corrected chi connectivity index (χ3v) is 4.53. The molecule has 1 aliphatic rings. The summed E-state index contributed by atoms with van der Waals surface area (Å²) >= 11 is 5.54. The topological polar surface area (TPSA) is 24.0 Å². The maximum atomic E-state index is 5.54. The number of H-pyrrole nitrogens is 1. The number of rotatable bonds is 1. The zero-order chi connectivity index (χ0) is 14.4. The summed E-state index contributed by atoms with van der Waals surface area (Å²) in [7, 11) is 0. The standard InChI is InChI=1S/C16H21N3S/c1-10(2)8-18-9-13-6-5-7-14-15(13)19(16(20)17-14)12(4)11(18)3/h5-8,11-12H,9H2,1-4H3,(H,17,20)/t11-,12+/m1/s1. The largest absolute Gasteiger partial charge is 0.368 e.